The normalized spacial score (nSPS) is 24.7. The molecule has 0 amide bonds. The summed E-state index contributed by atoms with van der Waals surface area (Å²) in [5.74, 6) is 0. The Kier molecular flexibility index (Phi) is 4.84. The molecule has 2 N–H and O–H groups in total. The largest absolute Gasteiger partial charge is 0.392 e. The van der Waals surface area contributed by atoms with Crippen LogP contribution in [0.2, 0.25) is 0 Å². The van der Waals surface area contributed by atoms with E-state index in [0.29, 0.717) is 10.2 Å². The van der Waals surface area contributed by atoms with Crippen molar-refractivity contribution in [2.75, 3.05) is 32.7 Å². The second-order valence-electron chi connectivity index (χ2n) is 5.97. The number of rotatable bonds is 4. The SMILES string of the molecule is CC(C(N)=S)N1CCN(CC2Cc3ccccc3S2)CC1. The van der Waals surface area contributed by atoms with Crippen LogP contribution in [-0.2, 0) is 6.42 Å². The van der Waals surface area contributed by atoms with Crippen LogP contribution < -0.4 is 5.73 Å². The van der Waals surface area contributed by atoms with Crippen LogP contribution in [0.1, 0.15) is 12.5 Å². The summed E-state index contributed by atoms with van der Waals surface area (Å²) in [4.78, 5) is 7.08. The van der Waals surface area contributed by atoms with Crippen LogP contribution in [0.4, 0.5) is 0 Å². The van der Waals surface area contributed by atoms with E-state index in [4.69, 9.17) is 18.0 Å². The van der Waals surface area contributed by atoms with E-state index in [-0.39, 0.29) is 6.04 Å². The van der Waals surface area contributed by atoms with Crippen LogP contribution in [0.3, 0.4) is 0 Å². The first-order valence-electron chi connectivity index (χ1n) is 7.64. The summed E-state index contributed by atoms with van der Waals surface area (Å²) in [5.41, 5.74) is 7.28. The van der Waals surface area contributed by atoms with Gasteiger partial charge in [0.15, 0.2) is 0 Å². The molecule has 114 valence electrons. The van der Waals surface area contributed by atoms with E-state index in [1.807, 2.05) is 11.8 Å². The van der Waals surface area contributed by atoms with Crippen molar-refractivity contribution in [2.24, 2.45) is 5.73 Å². The second kappa shape index (κ2) is 6.65. The molecule has 1 aromatic rings. The first-order chi connectivity index (χ1) is 10.1. The van der Waals surface area contributed by atoms with Crippen molar-refractivity contribution in [3.05, 3.63) is 29.8 Å². The molecule has 0 aromatic heterocycles. The van der Waals surface area contributed by atoms with Crippen molar-refractivity contribution in [3.8, 4) is 0 Å². The summed E-state index contributed by atoms with van der Waals surface area (Å²) >= 11 is 7.15. The zero-order valence-electron chi connectivity index (χ0n) is 12.5. The lowest BCUT2D eigenvalue weighted by Gasteiger charge is -2.38. The minimum Gasteiger partial charge on any atom is -0.392 e. The standard InChI is InChI=1S/C16H23N3S2/c1-12(16(17)20)19-8-6-18(7-9-19)11-14-10-13-4-2-3-5-15(13)21-14/h2-5,12,14H,6-11H2,1H3,(H2,17,20). The first-order valence-corrected chi connectivity index (χ1v) is 8.92. The van der Waals surface area contributed by atoms with Gasteiger partial charge in [0.25, 0.3) is 0 Å². The number of hydrogen-bond acceptors (Lipinski definition) is 4. The molecule has 1 saturated heterocycles. The highest BCUT2D eigenvalue weighted by Gasteiger charge is 2.27. The monoisotopic (exact) mass is 321 g/mol. The van der Waals surface area contributed by atoms with Crippen molar-refractivity contribution < 1.29 is 0 Å². The number of fused-ring (bicyclic) bond motifs is 1. The van der Waals surface area contributed by atoms with Gasteiger partial charge in [-0.3, -0.25) is 9.80 Å². The van der Waals surface area contributed by atoms with Gasteiger partial charge in [-0.1, -0.05) is 30.4 Å². The molecule has 1 aromatic carbocycles. The number of piperazine rings is 1. The lowest BCUT2D eigenvalue weighted by Crippen LogP contribution is -2.53. The van der Waals surface area contributed by atoms with E-state index in [0.717, 1.165) is 26.2 Å². The molecule has 2 aliphatic heterocycles. The van der Waals surface area contributed by atoms with Gasteiger partial charge in [-0.25, -0.2) is 0 Å². The Balaban J connectivity index is 1.48. The summed E-state index contributed by atoms with van der Waals surface area (Å²) < 4.78 is 0. The number of benzene rings is 1. The van der Waals surface area contributed by atoms with Crippen LogP contribution >= 0.6 is 24.0 Å². The fourth-order valence-electron chi connectivity index (χ4n) is 3.16. The van der Waals surface area contributed by atoms with E-state index < -0.39 is 0 Å². The van der Waals surface area contributed by atoms with Gasteiger partial charge in [0.05, 0.1) is 11.0 Å². The van der Waals surface area contributed by atoms with Crippen molar-refractivity contribution in [1.82, 2.24) is 9.80 Å². The molecule has 21 heavy (non-hydrogen) atoms. The molecular formula is C16H23N3S2. The fraction of sp³-hybridized carbons (Fsp3) is 0.562. The Bertz CT molecular complexity index is 487. The summed E-state index contributed by atoms with van der Waals surface area (Å²) in [6, 6.07) is 9.04. The smallest absolute Gasteiger partial charge is 0.0899 e. The third-order valence-electron chi connectivity index (χ3n) is 4.54. The minimum atomic E-state index is 0.229. The molecule has 2 heterocycles. The molecule has 2 atom stereocenters. The molecule has 2 unspecified atom stereocenters. The van der Waals surface area contributed by atoms with Crippen LogP contribution in [0, 0.1) is 0 Å². The molecule has 2 aliphatic rings. The Morgan fingerprint density at radius 3 is 2.71 bits per heavy atom. The second-order valence-corrected chi connectivity index (χ2v) is 7.78. The van der Waals surface area contributed by atoms with Crippen LogP contribution in [0.5, 0.6) is 0 Å². The van der Waals surface area contributed by atoms with Crippen molar-refractivity contribution in [3.63, 3.8) is 0 Å². The van der Waals surface area contributed by atoms with E-state index >= 15 is 0 Å². The quantitative estimate of drug-likeness (QED) is 0.858. The van der Waals surface area contributed by atoms with Gasteiger partial charge < -0.3 is 5.73 Å². The molecule has 3 rings (SSSR count). The van der Waals surface area contributed by atoms with Gasteiger partial charge in [-0.2, -0.15) is 0 Å². The van der Waals surface area contributed by atoms with Crippen molar-refractivity contribution in [2.45, 2.75) is 29.5 Å². The average molecular weight is 322 g/mol. The van der Waals surface area contributed by atoms with Gasteiger partial charge in [-0.15, -0.1) is 11.8 Å². The van der Waals surface area contributed by atoms with Crippen molar-refractivity contribution in [1.29, 1.82) is 0 Å². The number of thiocarbonyl (C=S) groups is 1. The maximum Gasteiger partial charge on any atom is 0.0899 e. The Labute approximate surface area is 136 Å². The van der Waals surface area contributed by atoms with E-state index in [1.165, 1.54) is 23.4 Å². The molecule has 0 spiro atoms. The zero-order valence-corrected chi connectivity index (χ0v) is 14.1. The minimum absolute atomic E-state index is 0.229. The molecule has 0 saturated carbocycles. The summed E-state index contributed by atoms with van der Waals surface area (Å²) in [7, 11) is 0. The van der Waals surface area contributed by atoms with Gasteiger partial charge in [0.2, 0.25) is 0 Å². The molecule has 0 aliphatic carbocycles. The van der Waals surface area contributed by atoms with Gasteiger partial charge >= 0.3 is 0 Å². The van der Waals surface area contributed by atoms with E-state index in [9.17, 15) is 0 Å². The Hall–Kier alpha value is -0.620. The summed E-state index contributed by atoms with van der Waals surface area (Å²) in [5, 5.41) is 0.710. The van der Waals surface area contributed by atoms with Gasteiger partial charge in [-0.05, 0) is 25.0 Å². The third-order valence-corrected chi connectivity index (χ3v) is 6.18. The summed E-state index contributed by atoms with van der Waals surface area (Å²) in [6.07, 6.45) is 1.21. The highest BCUT2D eigenvalue weighted by atomic mass is 32.2. The number of thioether (sulfide) groups is 1. The Morgan fingerprint density at radius 1 is 1.33 bits per heavy atom. The Morgan fingerprint density at radius 2 is 2.05 bits per heavy atom. The van der Waals surface area contributed by atoms with Gasteiger partial charge in [0, 0.05) is 42.9 Å². The third kappa shape index (κ3) is 3.59. The molecule has 0 radical (unpaired) electrons. The highest BCUT2D eigenvalue weighted by Crippen LogP contribution is 2.37. The number of nitrogens with two attached hydrogens (primary N) is 1. The number of hydrogen-bond donors (Lipinski definition) is 1. The maximum atomic E-state index is 5.76. The average Bonchev–Trinajstić information content (AvgIpc) is 2.89. The predicted molar refractivity (Wildman–Crippen MR) is 94.1 cm³/mol. The fourth-order valence-corrected chi connectivity index (χ4v) is 4.67. The predicted octanol–water partition coefficient (Wildman–Crippen LogP) is 2.00. The van der Waals surface area contributed by atoms with E-state index in [1.54, 1.807) is 0 Å². The molecule has 1 fully saturated rings. The van der Waals surface area contributed by atoms with Gasteiger partial charge in [0.1, 0.15) is 0 Å². The molecule has 5 heteroatoms. The molecule has 3 nitrogen and oxygen atoms in total. The lowest BCUT2D eigenvalue weighted by atomic mass is 10.1. The topological polar surface area (TPSA) is 32.5 Å². The summed E-state index contributed by atoms with van der Waals surface area (Å²) in [6.45, 7) is 7.70. The van der Waals surface area contributed by atoms with Crippen LogP contribution in [-0.4, -0.2) is 58.8 Å². The van der Waals surface area contributed by atoms with E-state index in [2.05, 4.69) is 41.0 Å². The number of nitrogens with zero attached hydrogens (tertiary/aromatic N) is 2. The lowest BCUT2D eigenvalue weighted by molar-refractivity contribution is 0.123. The zero-order chi connectivity index (χ0) is 14.8. The first kappa shape index (κ1) is 15.3. The van der Waals surface area contributed by atoms with Crippen LogP contribution in [0.25, 0.3) is 0 Å². The van der Waals surface area contributed by atoms with Crippen molar-refractivity contribution >= 4 is 29.0 Å². The maximum absolute atomic E-state index is 5.76. The molecule has 0 bridgehead atoms. The highest BCUT2D eigenvalue weighted by molar-refractivity contribution is 8.00. The molecular weight excluding hydrogens is 298 g/mol. The van der Waals surface area contributed by atoms with Crippen LogP contribution in [0.15, 0.2) is 29.2 Å².